The highest BCUT2D eigenvalue weighted by Crippen LogP contribution is 2.35. The maximum absolute atomic E-state index is 12.4. The number of nitrogens with one attached hydrogen (secondary N) is 1. The zero-order chi connectivity index (χ0) is 22.6. The number of amides is 1. The van der Waals surface area contributed by atoms with Crippen molar-refractivity contribution in [2.24, 2.45) is 5.92 Å². The Hall–Kier alpha value is -2.48. The van der Waals surface area contributed by atoms with Crippen molar-refractivity contribution in [1.29, 1.82) is 5.26 Å². The van der Waals surface area contributed by atoms with Crippen LogP contribution in [-0.4, -0.2) is 43.3 Å². The van der Waals surface area contributed by atoms with E-state index in [1.165, 1.54) is 11.3 Å². The van der Waals surface area contributed by atoms with E-state index in [9.17, 15) is 18.3 Å². The minimum absolute atomic E-state index is 0.0740. The number of thiazole rings is 1. The summed E-state index contributed by atoms with van der Waals surface area (Å²) in [5.74, 6) is -0.516. The van der Waals surface area contributed by atoms with Gasteiger partial charge in [0, 0.05) is 17.1 Å². The molecular formula is C21H26N4O4S2. The predicted octanol–water partition coefficient (Wildman–Crippen LogP) is 3.09. The Balaban J connectivity index is 1.94. The van der Waals surface area contributed by atoms with Gasteiger partial charge in [-0.2, -0.15) is 5.26 Å². The molecule has 0 saturated heterocycles. The number of hydrogen-bond acceptors (Lipinski definition) is 8. The van der Waals surface area contributed by atoms with Crippen molar-refractivity contribution in [3.8, 4) is 6.07 Å². The summed E-state index contributed by atoms with van der Waals surface area (Å²) in [4.78, 5) is 19.4. The molecule has 1 aromatic heterocycles. The molecule has 1 amide bonds. The third kappa shape index (κ3) is 6.26. The lowest BCUT2D eigenvalue weighted by Gasteiger charge is -2.27. The van der Waals surface area contributed by atoms with Gasteiger partial charge in [0.25, 0.3) is 5.91 Å². The summed E-state index contributed by atoms with van der Waals surface area (Å²) in [5, 5.41) is 19.9. The number of hydrogen-bond donors (Lipinski definition) is 2. The van der Waals surface area contributed by atoms with Crippen LogP contribution in [0.15, 0.2) is 24.3 Å². The SMILES string of the molecule is Cc1sc(N(C[C@H]2CCCC[C@@H](O)C2)c2ccc(C#N)cc2)nc1C(=O)NS(C)(=O)=O. The van der Waals surface area contributed by atoms with Crippen LogP contribution in [-0.2, 0) is 10.0 Å². The van der Waals surface area contributed by atoms with Crippen molar-refractivity contribution in [1.82, 2.24) is 9.71 Å². The fourth-order valence-corrected chi connectivity index (χ4v) is 5.16. The number of carbonyl (C=O) groups excluding carboxylic acids is 1. The van der Waals surface area contributed by atoms with E-state index < -0.39 is 15.9 Å². The van der Waals surface area contributed by atoms with Crippen LogP contribution in [0.25, 0.3) is 0 Å². The lowest BCUT2D eigenvalue weighted by atomic mass is 9.98. The summed E-state index contributed by atoms with van der Waals surface area (Å²) in [6, 6.07) is 9.22. The van der Waals surface area contributed by atoms with Gasteiger partial charge in [-0.25, -0.2) is 18.1 Å². The Labute approximate surface area is 186 Å². The second kappa shape index (κ2) is 9.77. The number of nitrogens with zero attached hydrogens (tertiary/aromatic N) is 3. The average Bonchev–Trinajstić information content (AvgIpc) is 2.96. The monoisotopic (exact) mass is 462 g/mol. The van der Waals surface area contributed by atoms with Gasteiger partial charge in [-0.3, -0.25) is 4.79 Å². The number of sulfonamides is 1. The van der Waals surface area contributed by atoms with Gasteiger partial charge in [-0.05, 0) is 56.4 Å². The maximum atomic E-state index is 12.4. The standard InChI is InChI=1S/C21H26N4O4S2/c1-14-19(20(27)24-31(2,28)29)23-21(30-14)25(17-9-7-15(12-22)8-10-17)13-16-5-3-4-6-18(26)11-16/h7-10,16,18,26H,3-6,11,13H2,1-2H3,(H,24,27)/t16-,18+/m0/s1. The number of rotatable bonds is 6. The quantitative estimate of drug-likeness (QED) is 0.632. The molecule has 2 aromatic rings. The summed E-state index contributed by atoms with van der Waals surface area (Å²) in [7, 11) is -3.70. The fourth-order valence-electron chi connectivity index (χ4n) is 3.79. The van der Waals surface area contributed by atoms with E-state index in [4.69, 9.17) is 5.26 Å². The summed E-state index contributed by atoms with van der Waals surface area (Å²) < 4.78 is 24.9. The van der Waals surface area contributed by atoms with Gasteiger partial charge >= 0.3 is 0 Å². The van der Waals surface area contributed by atoms with E-state index in [-0.39, 0.29) is 17.7 Å². The van der Waals surface area contributed by atoms with Gasteiger partial charge in [-0.15, -0.1) is 11.3 Å². The van der Waals surface area contributed by atoms with Crippen LogP contribution in [0, 0.1) is 24.2 Å². The minimum Gasteiger partial charge on any atom is -0.393 e. The normalized spacial score (nSPS) is 19.3. The fraction of sp³-hybridized carbons (Fsp3) is 0.476. The molecule has 1 aliphatic carbocycles. The number of benzene rings is 1. The molecule has 0 bridgehead atoms. The van der Waals surface area contributed by atoms with Crippen LogP contribution >= 0.6 is 11.3 Å². The van der Waals surface area contributed by atoms with E-state index in [1.807, 2.05) is 21.8 Å². The first-order valence-electron chi connectivity index (χ1n) is 10.1. The van der Waals surface area contributed by atoms with Gasteiger partial charge in [0.1, 0.15) is 5.69 Å². The molecule has 2 atom stereocenters. The molecule has 0 radical (unpaired) electrons. The molecule has 1 fully saturated rings. The highest BCUT2D eigenvalue weighted by molar-refractivity contribution is 7.89. The molecule has 166 valence electrons. The molecule has 3 rings (SSSR count). The molecule has 1 aliphatic rings. The molecule has 1 heterocycles. The van der Waals surface area contributed by atoms with Crippen molar-refractivity contribution < 1.29 is 18.3 Å². The molecule has 31 heavy (non-hydrogen) atoms. The zero-order valence-electron chi connectivity index (χ0n) is 17.5. The Bertz CT molecular complexity index is 1070. The molecule has 8 nitrogen and oxygen atoms in total. The lowest BCUT2D eigenvalue weighted by Crippen LogP contribution is -2.30. The smallest absolute Gasteiger partial charge is 0.284 e. The second-order valence-corrected chi connectivity index (χ2v) is 10.8. The molecule has 1 aromatic carbocycles. The number of aryl methyl sites for hydroxylation is 1. The number of aliphatic hydroxyl groups excluding tert-OH is 1. The van der Waals surface area contributed by atoms with Gasteiger partial charge in [0.2, 0.25) is 10.0 Å². The minimum atomic E-state index is -3.70. The van der Waals surface area contributed by atoms with Crippen LogP contribution in [0.1, 0.15) is 53.0 Å². The average molecular weight is 463 g/mol. The van der Waals surface area contributed by atoms with Crippen LogP contribution < -0.4 is 9.62 Å². The number of aliphatic hydroxyl groups is 1. The van der Waals surface area contributed by atoms with E-state index in [1.54, 1.807) is 19.1 Å². The van der Waals surface area contributed by atoms with E-state index in [0.29, 0.717) is 28.5 Å². The number of nitriles is 1. The number of anilines is 2. The summed E-state index contributed by atoms with van der Waals surface area (Å²) in [5.41, 5.74) is 1.43. The molecule has 0 aliphatic heterocycles. The van der Waals surface area contributed by atoms with E-state index in [0.717, 1.165) is 37.6 Å². The largest absolute Gasteiger partial charge is 0.393 e. The molecule has 2 N–H and O–H groups in total. The van der Waals surface area contributed by atoms with Crippen LogP contribution in [0.4, 0.5) is 10.8 Å². The van der Waals surface area contributed by atoms with Crippen molar-refractivity contribution in [2.45, 2.75) is 45.1 Å². The predicted molar refractivity (Wildman–Crippen MR) is 120 cm³/mol. The highest BCUT2D eigenvalue weighted by atomic mass is 32.2. The van der Waals surface area contributed by atoms with Crippen molar-refractivity contribution in [2.75, 3.05) is 17.7 Å². The Kier molecular flexibility index (Phi) is 7.30. The number of carbonyl (C=O) groups is 1. The molecule has 0 spiro atoms. The maximum Gasteiger partial charge on any atom is 0.284 e. The van der Waals surface area contributed by atoms with Crippen LogP contribution in [0.5, 0.6) is 0 Å². The van der Waals surface area contributed by atoms with Gasteiger partial charge in [-0.1, -0.05) is 12.8 Å². The summed E-state index contributed by atoms with van der Waals surface area (Å²) >= 11 is 1.31. The van der Waals surface area contributed by atoms with Crippen molar-refractivity contribution in [3.05, 3.63) is 40.4 Å². The zero-order valence-corrected chi connectivity index (χ0v) is 19.2. The van der Waals surface area contributed by atoms with Gasteiger partial charge < -0.3 is 10.0 Å². The van der Waals surface area contributed by atoms with Crippen molar-refractivity contribution >= 4 is 38.1 Å². The molecular weight excluding hydrogens is 436 g/mol. The molecule has 10 heteroatoms. The first-order valence-corrected chi connectivity index (χ1v) is 12.8. The highest BCUT2D eigenvalue weighted by Gasteiger charge is 2.26. The second-order valence-electron chi connectivity index (χ2n) is 7.91. The van der Waals surface area contributed by atoms with Crippen LogP contribution in [0.2, 0.25) is 0 Å². The number of aromatic nitrogens is 1. The summed E-state index contributed by atoms with van der Waals surface area (Å²) in [6.45, 7) is 2.33. The molecule has 0 unspecified atom stereocenters. The van der Waals surface area contributed by atoms with Crippen molar-refractivity contribution in [3.63, 3.8) is 0 Å². The van der Waals surface area contributed by atoms with Crippen LogP contribution in [0.3, 0.4) is 0 Å². The Morgan fingerprint density at radius 2 is 2.00 bits per heavy atom. The first-order chi connectivity index (χ1) is 14.7. The third-order valence-electron chi connectivity index (χ3n) is 5.26. The van der Waals surface area contributed by atoms with Gasteiger partial charge in [0.05, 0.1) is 24.0 Å². The van der Waals surface area contributed by atoms with E-state index in [2.05, 4.69) is 11.1 Å². The topological polar surface area (TPSA) is 123 Å². The molecule has 1 saturated carbocycles. The Morgan fingerprint density at radius 3 is 2.65 bits per heavy atom. The Morgan fingerprint density at radius 1 is 1.32 bits per heavy atom. The van der Waals surface area contributed by atoms with Gasteiger partial charge in [0.15, 0.2) is 5.13 Å². The lowest BCUT2D eigenvalue weighted by molar-refractivity contribution is 0.0977. The summed E-state index contributed by atoms with van der Waals surface area (Å²) in [6.07, 6.45) is 5.12. The first kappa shape index (κ1) is 23.2. The third-order valence-corrected chi connectivity index (χ3v) is 6.81. The van der Waals surface area contributed by atoms with E-state index >= 15 is 0 Å².